The van der Waals surface area contributed by atoms with E-state index in [4.69, 9.17) is 0 Å². The molecule has 0 aromatic heterocycles. The van der Waals surface area contributed by atoms with Crippen LogP contribution in [0.25, 0.3) is 0 Å². The summed E-state index contributed by atoms with van der Waals surface area (Å²) in [4.78, 5) is 0. The van der Waals surface area contributed by atoms with Gasteiger partial charge in [0.2, 0.25) is 0 Å². The van der Waals surface area contributed by atoms with Gasteiger partial charge in [0.1, 0.15) is 0 Å². The zero-order valence-electron chi connectivity index (χ0n) is 16.3. The second-order valence-corrected chi connectivity index (χ2v) is 7.44. The minimum atomic E-state index is 0.563. The molecule has 1 aliphatic heterocycles. The summed E-state index contributed by atoms with van der Waals surface area (Å²) in [6, 6.07) is 2.03. The molecule has 6 heteroatoms. The van der Waals surface area contributed by atoms with E-state index in [0.29, 0.717) is 25.1 Å². The molecule has 126 valence electrons. The topological polar surface area (TPSA) is 9.72 Å². The Morgan fingerprint density at radius 3 is 1.45 bits per heavy atom. The minimum Gasteiger partial charge on any atom is -0.361 e. The highest BCUT2D eigenvalue weighted by atomic mass is 15.3. The molecule has 0 aromatic carbocycles. The molecule has 22 heavy (non-hydrogen) atoms. The monoisotopic (exact) mass is 305 g/mol. The van der Waals surface area contributed by atoms with Gasteiger partial charge in [-0.05, 0) is 37.4 Å². The molecule has 0 bridgehead atoms. The van der Waals surface area contributed by atoms with Crippen molar-refractivity contribution >= 4 is 22.1 Å². The van der Waals surface area contributed by atoms with Gasteiger partial charge in [-0.25, -0.2) is 0 Å². The van der Waals surface area contributed by atoms with Crippen molar-refractivity contribution < 1.29 is 0 Å². The fourth-order valence-electron chi connectivity index (χ4n) is 3.95. The van der Waals surface area contributed by atoms with Gasteiger partial charge in [-0.2, -0.15) is 0 Å². The first-order chi connectivity index (χ1) is 10.5. The van der Waals surface area contributed by atoms with Crippen molar-refractivity contribution in [1.82, 2.24) is 14.2 Å². The second kappa shape index (κ2) is 10.0. The summed E-state index contributed by atoms with van der Waals surface area (Å²) in [7, 11) is 2.28. The van der Waals surface area contributed by atoms with Gasteiger partial charge in [0.05, 0.1) is 0 Å². The van der Waals surface area contributed by atoms with E-state index in [1.165, 1.54) is 38.5 Å². The van der Waals surface area contributed by atoms with E-state index in [2.05, 4.69) is 62.5 Å². The lowest BCUT2D eigenvalue weighted by molar-refractivity contribution is 0.326. The number of hydrogen-bond donors (Lipinski definition) is 0. The Bertz CT molecular complexity index is 284. The average Bonchev–Trinajstić information content (AvgIpc) is 2.48. The SMILES string of the molecule is CCCC(C)N1BN(C(C)CCC)B(C)N(C(C)CCC)B1. The van der Waals surface area contributed by atoms with E-state index in [9.17, 15) is 0 Å². The maximum Gasteiger partial charge on any atom is 0.286 e. The molecule has 0 amide bonds. The highest BCUT2D eigenvalue weighted by Crippen LogP contribution is 2.21. The van der Waals surface area contributed by atoms with Crippen LogP contribution in [0.1, 0.15) is 80.1 Å². The van der Waals surface area contributed by atoms with Crippen LogP contribution >= 0.6 is 0 Å². The van der Waals surface area contributed by atoms with Crippen LogP contribution in [0.15, 0.2) is 0 Å². The van der Waals surface area contributed by atoms with E-state index >= 15 is 0 Å². The molecule has 3 unspecified atom stereocenters. The maximum atomic E-state index is 2.73. The molecule has 0 spiro atoms. The van der Waals surface area contributed by atoms with Gasteiger partial charge < -0.3 is 14.2 Å². The van der Waals surface area contributed by atoms with Gasteiger partial charge in [-0.3, -0.25) is 0 Å². The molecule has 1 aliphatic rings. The minimum absolute atomic E-state index is 0.563. The number of rotatable bonds is 9. The molecule has 1 heterocycles. The van der Waals surface area contributed by atoms with Gasteiger partial charge in [0, 0.05) is 0 Å². The van der Waals surface area contributed by atoms with Gasteiger partial charge in [-0.1, -0.05) is 67.6 Å². The summed E-state index contributed by atoms with van der Waals surface area (Å²) in [6.07, 6.45) is 7.74. The van der Waals surface area contributed by atoms with Crippen molar-refractivity contribution in [2.45, 2.75) is 105 Å². The molecule has 0 radical (unpaired) electrons. The quantitative estimate of drug-likeness (QED) is 0.606. The van der Waals surface area contributed by atoms with E-state index < -0.39 is 0 Å². The molecular formula is C16H38B3N3. The third kappa shape index (κ3) is 5.31. The van der Waals surface area contributed by atoms with Crippen molar-refractivity contribution in [3.05, 3.63) is 0 Å². The lowest BCUT2D eigenvalue weighted by Crippen LogP contribution is -2.71. The molecular weight excluding hydrogens is 267 g/mol. The standard InChI is InChI=1S/C16H38B3N3/c1-8-11-14(4)20-17-21(15(5)12-9-2)19(7)22(18-20)16(6)13-10-3/h14-18H,8-13H2,1-7H3. The number of hydrogen-bond acceptors (Lipinski definition) is 3. The predicted molar refractivity (Wildman–Crippen MR) is 105 cm³/mol. The summed E-state index contributed by atoms with van der Waals surface area (Å²) < 4.78 is 8.15. The largest absolute Gasteiger partial charge is 0.361 e. The summed E-state index contributed by atoms with van der Waals surface area (Å²) in [6.45, 7) is 17.1. The van der Waals surface area contributed by atoms with Crippen LogP contribution in [-0.4, -0.2) is 54.4 Å². The Balaban J connectivity index is 2.86. The molecule has 3 atom stereocenters. The Labute approximate surface area is 141 Å². The van der Waals surface area contributed by atoms with Crippen LogP contribution in [0.2, 0.25) is 6.82 Å². The molecule has 0 aromatic rings. The molecule has 1 rings (SSSR count). The summed E-state index contributed by atoms with van der Waals surface area (Å²) in [5.41, 5.74) is 0. The third-order valence-corrected chi connectivity index (χ3v) is 5.52. The van der Waals surface area contributed by atoms with Crippen LogP contribution in [-0.2, 0) is 0 Å². The number of nitrogens with zero attached hydrogens (tertiary/aromatic N) is 3. The lowest BCUT2D eigenvalue weighted by atomic mass is 9.57. The van der Waals surface area contributed by atoms with Gasteiger partial charge >= 0.3 is 0 Å². The van der Waals surface area contributed by atoms with Crippen LogP contribution in [0.5, 0.6) is 0 Å². The van der Waals surface area contributed by atoms with Gasteiger partial charge in [-0.15, -0.1) is 0 Å². The van der Waals surface area contributed by atoms with Crippen molar-refractivity contribution in [3.8, 4) is 0 Å². The first-order valence-corrected chi connectivity index (χ1v) is 9.71. The van der Waals surface area contributed by atoms with Crippen molar-refractivity contribution in [2.75, 3.05) is 0 Å². The summed E-state index contributed by atoms with van der Waals surface area (Å²) in [5.74, 6) is 0. The van der Waals surface area contributed by atoms with E-state index in [-0.39, 0.29) is 0 Å². The Morgan fingerprint density at radius 1 is 0.727 bits per heavy atom. The van der Waals surface area contributed by atoms with Crippen molar-refractivity contribution in [1.29, 1.82) is 0 Å². The molecule has 1 fully saturated rings. The first kappa shape index (κ1) is 20.1. The fraction of sp³-hybridized carbons (Fsp3) is 1.00. The molecule has 0 saturated carbocycles. The Hall–Kier alpha value is 0.0748. The van der Waals surface area contributed by atoms with Gasteiger partial charge in [0.15, 0.2) is 0 Å². The van der Waals surface area contributed by atoms with Gasteiger partial charge in [0.25, 0.3) is 22.1 Å². The Kier molecular flexibility index (Phi) is 9.19. The highest BCUT2D eigenvalue weighted by Gasteiger charge is 2.39. The predicted octanol–water partition coefficient (Wildman–Crippen LogP) is 3.12. The Morgan fingerprint density at radius 2 is 1.09 bits per heavy atom. The summed E-state index contributed by atoms with van der Waals surface area (Å²) in [5, 5.41) is 0. The first-order valence-electron chi connectivity index (χ1n) is 9.71. The molecule has 0 aliphatic carbocycles. The lowest BCUT2D eigenvalue weighted by Gasteiger charge is -2.51. The fourth-order valence-corrected chi connectivity index (χ4v) is 3.95. The summed E-state index contributed by atoms with van der Waals surface area (Å²) >= 11 is 0. The normalized spacial score (nSPS) is 22.0. The highest BCUT2D eigenvalue weighted by molar-refractivity contribution is 6.73. The third-order valence-electron chi connectivity index (χ3n) is 5.52. The smallest absolute Gasteiger partial charge is 0.286 e. The van der Waals surface area contributed by atoms with Crippen molar-refractivity contribution in [2.24, 2.45) is 0 Å². The average molecular weight is 305 g/mol. The maximum absolute atomic E-state index is 2.73. The second-order valence-electron chi connectivity index (χ2n) is 7.44. The van der Waals surface area contributed by atoms with Crippen LogP contribution < -0.4 is 0 Å². The zero-order chi connectivity index (χ0) is 16.7. The molecule has 0 N–H and O–H groups in total. The van der Waals surface area contributed by atoms with E-state index in [0.717, 1.165) is 15.1 Å². The zero-order valence-corrected chi connectivity index (χ0v) is 16.3. The van der Waals surface area contributed by atoms with E-state index in [1.54, 1.807) is 0 Å². The van der Waals surface area contributed by atoms with Crippen LogP contribution in [0, 0.1) is 0 Å². The van der Waals surface area contributed by atoms with E-state index in [1.807, 2.05) is 0 Å². The van der Waals surface area contributed by atoms with Crippen LogP contribution in [0.4, 0.5) is 0 Å². The van der Waals surface area contributed by atoms with Crippen molar-refractivity contribution in [3.63, 3.8) is 0 Å². The van der Waals surface area contributed by atoms with Crippen LogP contribution in [0.3, 0.4) is 0 Å². The molecule has 1 saturated heterocycles. The molecule has 3 nitrogen and oxygen atoms in total.